The summed E-state index contributed by atoms with van der Waals surface area (Å²) < 4.78 is 30.1. The number of anilines is 1. The molecule has 1 aliphatic carbocycles. The van der Waals surface area contributed by atoms with Crippen LogP contribution in [-0.4, -0.2) is 29.8 Å². The minimum atomic E-state index is -3.45. The first kappa shape index (κ1) is 18.6. The molecule has 1 heterocycles. The lowest BCUT2D eigenvalue weighted by Gasteiger charge is -2.17. The first-order valence-corrected chi connectivity index (χ1v) is 10.4. The molecule has 0 unspecified atom stereocenters. The van der Waals surface area contributed by atoms with Gasteiger partial charge in [0.05, 0.1) is 10.1 Å². The van der Waals surface area contributed by atoms with E-state index in [-0.39, 0.29) is 22.4 Å². The number of amides is 1. The van der Waals surface area contributed by atoms with Gasteiger partial charge in [-0.15, -0.1) is 5.10 Å². The monoisotopic (exact) mass is 377 g/mol. The minimum Gasteiger partial charge on any atom is -0.408 e. The van der Waals surface area contributed by atoms with Crippen LogP contribution in [0.4, 0.5) is 6.01 Å². The van der Waals surface area contributed by atoms with Crippen molar-refractivity contribution in [3.63, 3.8) is 0 Å². The molecule has 2 aromatic rings. The van der Waals surface area contributed by atoms with Gasteiger partial charge < -0.3 is 4.42 Å². The molecule has 1 saturated carbocycles. The Bertz CT molecular complexity index is 883. The van der Waals surface area contributed by atoms with Gasteiger partial charge in [-0.25, -0.2) is 8.42 Å². The lowest BCUT2D eigenvalue weighted by Crippen LogP contribution is -2.16. The third kappa shape index (κ3) is 3.95. The van der Waals surface area contributed by atoms with Gasteiger partial charge >= 0.3 is 6.01 Å². The van der Waals surface area contributed by atoms with E-state index in [0.717, 1.165) is 25.7 Å². The van der Waals surface area contributed by atoms with Crippen molar-refractivity contribution in [2.75, 3.05) is 5.32 Å². The van der Waals surface area contributed by atoms with E-state index >= 15 is 0 Å². The number of hydrogen-bond acceptors (Lipinski definition) is 6. The maximum absolute atomic E-state index is 12.4. The molecule has 1 aliphatic rings. The molecule has 0 atom stereocenters. The van der Waals surface area contributed by atoms with E-state index in [1.54, 1.807) is 26.0 Å². The Hall–Kier alpha value is -2.22. The van der Waals surface area contributed by atoms with Gasteiger partial charge in [-0.1, -0.05) is 30.4 Å². The minimum absolute atomic E-state index is 0.0349. The van der Waals surface area contributed by atoms with Crippen molar-refractivity contribution >= 4 is 21.8 Å². The fraction of sp³-hybridized carbons (Fsp3) is 0.500. The first-order chi connectivity index (χ1) is 12.4. The number of nitrogens with zero attached hydrogens (tertiary/aromatic N) is 2. The van der Waals surface area contributed by atoms with Crippen molar-refractivity contribution in [1.29, 1.82) is 0 Å². The maximum atomic E-state index is 12.4. The topological polar surface area (TPSA) is 102 Å². The quantitative estimate of drug-likeness (QED) is 0.855. The molecule has 0 saturated heterocycles. The number of carbonyl (C=O) groups is 1. The van der Waals surface area contributed by atoms with Crippen LogP contribution in [0.5, 0.6) is 0 Å². The molecule has 1 amide bonds. The van der Waals surface area contributed by atoms with Crippen LogP contribution in [0.1, 0.15) is 68.1 Å². The van der Waals surface area contributed by atoms with E-state index in [9.17, 15) is 13.2 Å². The average Bonchev–Trinajstić information content (AvgIpc) is 3.11. The van der Waals surface area contributed by atoms with Crippen LogP contribution in [0.25, 0.3) is 0 Å². The molecule has 26 heavy (non-hydrogen) atoms. The predicted molar refractivity (Wildman–Crippen MR) is 96.8 cm³/mol. The zero-order chi connectivity index (χ0) is 18.7. The number of aromatic nitrogens is 2. The van der Waals surface area contributed by atoms with Crippen molar-refractivity contribution in [1.82, 2.24) is 10.2 Å². The van der Waals surface area contributed by atoms with E-state index in [0.29, 0.717) is 5.89 Å². The fourth-order valence-electron chi connectivity index (χ4n) is 3.06. The van der Waals surface area contributed by atoms with Crippen molar-refractivity contribution in [2.24, 2.45) is 0 Å². The standard InChI is InChI=1S/C18H23N3O4S/c1-12(2)26(23,24)15-10-6-9-14(11-15)16(22)19-18-21-20-17(25-18)13-7-4-3-5-8-13/h6,9-13H,3-5,7-8H2,1-2H3,(H,19,21,22). The van der Waals surface area contributed by atoms with E-state index < -0.39 is 21.0 Å². The number of rotatable bonds is 5. The Morgan fingerprint density at radius 1 is 1.19 bits per heavy atom. The summed E-state index contributed by atoms with van der Waals surface area (Å²) in [6.45, 7) is 3.21. The summed E-state index contributed by atoms with van der Waals surface area (Å²) in [5.74, 6) is 0.321. The van der Waals surface area contributed by atoms with E-state index in [1.165, 1.54) is 18.6 Å². The second-order valence-electron chi connectivity index (χ2n) is 6.86. The highest BCUT2D eigenvalue weighted by Crippen LogP contribution is 2.32. The SMILES string of the molecule is CC(C)S(=O)(=O)c1cccc(C(=O)Nc2nnc(C3CCCCC3)o2)c1. The highest BCUT2D eigenvalue weighted by atomic mass is 32.2. The molecule has 8 heteroatoms. The third-order valence-corrected chi connectivity index (χ3v) is 6.81. The molecule has 1 aromatic heterocycles. The van der Waals surface area contributed by atoms with Crippen LogP contribution in [0.3, 0.4) is 0 Å². The summed E-state index contributed by atoms with van der Waals surface area (Å²) in [6, 6.07) is 5.98. The summed E-state index contributed by atoms with van der Waals surface area (Å²) in [5, 5.41) is 9.92. The van der Waals surface area contributed by atoms with E-state index in [4.69, 9.17) is 4.42 Å². The van der Waals surface area contributed by atoms with Crippen molar-refractivity contribution < 1.29 is 17.6 Å². The fourth-order valence-corrected chi connectivity index (χ4v) is 4.16. The molecule has 0 bridgehead atoms. The molecule has 1 aromatic carbocycles. The van der Waals surface area contributed by atoms with E-state index in [2.05, 4.69) is 15.5 Å². The van der Waals surface area contributed by atoms with Gasteiger partial charge in [-0.2, -0.15) is 0 Å². The molecular formula is C18H23N3O4S. The predicted octanol–water partition coefficient (Wildman–Crippen LogP) is 3.55. The molecule has 0 aliphatic heterocycles. The molecule has 3 rings (SSSR count). The molecule has 7 nitrogen and oxygen atoms in total. The van der Waals surface area contributed by atoms with Crippen LogP contribution >= 0.6 is 0 Å². The summed E-state index contributed by atoms with van der Waals surface area (Å²) in [6.07, 6.45) is 5.55. The van der Waals surface area contributed by atoms with Crippen LogP contribution in [-0.2, 0) is 9.84 Å². The molecule has 1 fully saturated rings. The highest BCUT2D eigenvalue weighted by Gasteiger charge is 2.23. The number of nitrogens with one attached hydrogen (secondary N) is 1. The van der Waals surface area contributed by atoms with Crippen LogP contribution in [0.15, 0.2) is 33.6 Å². The summed E-state index contributed by atoms with van der Waals surface area (Å²) in [4.78, 5) is 12.5. The Balaban J connectivity index is 1.73. The third-order valence-electron chi connectivity index (χ3n) is 4.66. The lowest BCUT2D eigenvalue weighted by molar-refractivity contribution is 0.102. The largest absolute Gasteiger partial charge is 0.408 e. The Morgan fingerprint density at radius 2 is 1.92 bits per heavy atom. The van der Waals surface area contributed by atoms with Gasteiger partial charge in [0.25, 0.3) is 5.91 Å². The Kier molecular flexibility index (Phi) is 5.41. The number of sulfone groups is 1. The second-order valence-corrected chi connectivity index (χ2v) is 9.36. The van der Waals surface area contributed by atoms with Crippen LogP contribution in [0.2, 0.25) is 0 Å². The second kappa shape index (κ2) is 7.57. The Morgan fingerprint density at radius 3 is 2.62 bits per heavy atom. The van der Waals surface area contributed by atoms with Crippen molar-refractivity contribution in [2.45, 2.75) is 62.0 Å². The summed E-state index contributed by atoms with van der Waals surface area (Å²) in [7, 11) is -3.45. The molecule has 1 N–H and O–H groups in total. The zero-order valence-electron chi connectivity index (χ0n) is 14.9. The molecule has 0 radical (unpaired) electrons. The maximum Gasteiger partial charge on any atom is 0.322 e. The van der Waals surface area contributed by atoms with Crippen molar-refractivity contribution in [3.8, 4) is 0 Å². The first-order valence-electron chi connectivity index (χ1n) is 8.86. The van der Waals surface area contributed by atoms with Gasteiger partial charge in [0.15, 0.2) is 9.84 Å². The van der Waals surface area contributed by atoms with Crippen LogP contribution < -0.4 is 5.32 Å². The van der Waals surface area contributed by atoms with Crippen molar-refractivity contribution in [3.05, 3.63) is 35.7 Å². The smallest absolute Gasteiger partial charge is 0.322 e. The molecule has 140 valence electrons. The van der Waals surface area contributed by atoms with Gasteiger partial charge in [0.2, 0.25) is 5.89 Å². The molecular weight excluding hydrogens is 354 g/mol. The number of hydrogen-bond donors (Lipinski definition) is 1. The lowest BCUT2D eigenvalue weighted by atomic mass is 9.89. The average molecular weight is 377 g/mol. The number of benzene rings is 1. The summed E-state index contributed by atoms with van der Waals surface area (Å²) >= 11 is 0. The zero-order valence-corrected chi connectivity index (χ0v) is 15.8. The normalized spacial score (nSPS) is 16.0. The van der Waals surface area contributed by atoms with Crippen LogP contribution in [0, 0.1) is 0 Å². The number of carbonyl (C=O) groups excluding carboxylic acids is 1. The Labute approximate surface area is 153 Å². The molecule has 0 spiro atoms. The summed E-state index contributed by atoms with van der Waals surface area (Å²) in [5.41, 5.74) is 0.226. The van der Waals surface area contributed by atoms with E-state index in [1.807, 2.05) is 0 Å². The van der Waals surface area contributed by atoms with Gasteiger partial charge in [0, 0.05) is 11.5 Å². The van der Waals surface area contributed by atoms with Gasteiger partial charge in [-0.05, 0) is 44.9 Å². The van der Waals surface area contributed by atoms with Gasteiger partial charge in [0.1, 0.15) is 0 Å². The highest BCUT2D eigenvalue weighted by molar-refractivity contribution is 7.92. The van der Waals surface area contributed by atoms with Gasteiger partial charge in [-0.3, -0.25) is 10.1 Å².